The van der Waals surface area contributed by atoms with Crippen LogP contribution < -0.4 is 0 Å². The van der Waals surface area contributed by atoms with Gasteiger partial charge in [0.1, 0.15) is 0 Å². The summed E-state index contributed by atoms with van der Waals surface area (Å²) in [6.07, 6.45) is 7.17. The zero-order chi connectivity index (χ0) is 11.4. The summed E-state index contributed by atoms with van der Waals surface area (Å²) in [7, 11) is 0. The fourth-order valence-corrected chi connectivity index (χ4v) is 3.37. The van der Waals surface area contributed by atoms with E-state index in [9.17, 15) is 0 Å². The van der Waals surface area contributed by atoms with Gasteiger partial charge in [0.05, 0.1) is 0 Å². The second-order valence-corrected chi connectivity index (χ2v) is 6.00. The molecule has 0 spiro atoms. The molecule has 0 heterocycles. The predicted octanol–water partition coefficient (Wildman–Crippen LogP) is 5.13. The summed E-state index contributed by atoms with van der Waals surface area (Å²) in [6.45, 7) is 12.0. The highest BCUT2D eigenvalue weighted by Crippen LogP contribution is 2.45. The molecule has 5 unspecified atom stereocenters. The summed E-state index contributed by atoms with van der Waals surface area (Å²) in [4.78, 5) is 0. The molecule has 0 radical (unpaired) electrons. The van der Waals surface area contributed by atoms with Gasteiger partial charge in [-0.25, -0.2) is 0 Å². The molecule has 15 heavy (non-hydrogen) atoms. The average molecular weight is 210 g/mol. The summed E-state index contributed by atoms with van der Waals surface area (Å²) in [6, 6.07) is 0. The second-order valence-electron chi connectivity index (χ2n) is 6.00. The van der Waals surface area contributed by atoms with Gasteiger partial charge >= 0.3 is 0 Å². The maximum absolute atomic E-state index is 2.46. The van der Waals surface area contributed by atoms with Crippen LogP contribution in [0.25, 0.3) is 0 Å². The fourth-order valence-electron chi connectivity index (χ4n) is 3.37. The second kappa shape index (κ2) is 5.92. The largest absolute Gasteiger partial charge is 0.0654 e. The van der Waals surface area contributed by atoms with Crippen LogP contribution in [0.4, 0.5) is 0 Å². The van der Waals surface area contributed by atoms with Crippen molar-refractivity contribution in [1.82, 2.24) is 0 Å². The first-order chi connectivity index (χ1) is 7.10. The lowest BCUT2D eigenvalue weighted by Gasteiger charge is -2.43. The molecule has 0 amide bonds. The highest BCUT2D eigenvalue weighted by molar-refractivity contribution is 4.85. The predicted molar refractivity (Wildman–Crippen MR) is 68.9 cm³/mol. The van der Waals surface area contributed by atoms with Crippen LogP contribution in [0, 0.1) is 29.6 Å². The molecule has 0 aromatic heterocycles. The third-order valence-electron chi connectivity index (χ3n) is 4.99. The minimum Gasteiger partial charge on any atom is -0.0654 e. The zero-order valence-corrected chi connectivity index (χ0v) is 11.4. The molecule has 0 aromatic carbocycles. The van der Waals surface area contributed by atoms with Crippen LogP contribution in [0.15, 0.2) is 0 Å². The van der Waals surface area contributed by atoms with Crippen LogP contribution in [-0.4, -0.2) is 0 Å². The summed E-state index contributed by atoms with van der Waals surface area (Å²) >= 11 is 0. The molecule has 1 fully saturated rings. The maximum atomic E-state index is 2.46. The molecule has 0 bridgehead atoms. The van der Waals surface area contributed by atoms with Crippen LogP contribution >= 0.6 is 0 Å². The van der Waals surface area contributed by atoms with Crippen LogP contribution in [0.3, 0.4) is 0 Å². The van der Waals surface area contributed by atoms with Crippen molar-refractivity contribution in [2.75, 3.05) is 0 Å². The molecule has 0 heteroatoms. The first kappa shape index (κ1) is 13.1. The van der Waals surface area contributed by atoms with E-state index in [1.807, 2.05) is 0 Å². The first-order valence-electron chi connectivity index (χ1n) is 7.10. The van der Waals surface area contributed by atoms with Gasteiger partial charge in [0.15, 0.2) is 0 Å². The minimum absolute atomic E-state index is 0.947. The summed E-state index contributed by atoms with van der Waals surface area (Å²) in [5.74, 6) is 4.97. The molecule has 5 atom stereocenters. The standard InChI is InChI=1S/C15H30/c1-6-8-11(3)14(7-2)10-15-9-12(4)13(15)5/h11-15H,6-10H2,1-5H3. The number of rotatable bonds is 6. The van der Waals surface area contributed by atoms with Crippen molar-refractivity contribution in [2.24, 2.45) is 29.6 Å². The van der Waals surface area contributed by atoms with Gasteiger partial charge in [0.25, 0.3) is 0 Å². The Morgan fingerprint density at radius 2 is 1.87 bits per heavy atom. The summed E-state index contributed by atoms with van der Waals surface area (Å²) in [5.41, 5.74) is 0. The Bertz CT molecular complexity index is 173. The van der Waals surface area contributed by atoms with E-state index in [1.165, 1.54) is 32.1 Å². The van der Waals surface area contributed by atoms with Crippen molar-refractivity contribution >= 4 is 0 Å². The minimum atomic E-state index is 0.947. The van der Waals surface area contributed by atoms with Crippen LogP contribution in [0.2, 0.25) is 0 Å². The molecule has 1 aliphatic carbocycles. The molecule has 1 rings (SSSR count). The topological polar surface area (TPSA) is 0 Å². The Kier molecular flexibility index (Phi) is 5.15. The molecular formula is C15H30. The van der Waals surface area contributed by atoms with Gasteiger partial charge < -0.3 is 0 Å². The molecule has 0 aliphatic heterocycles. The van der Waals surface area contributed by atoms with Crippen molar-refractivity contribution in [3.05, 3.63) is 0 Å². The lowest BCUT2D eigenvalue weighted by atomic mass is 9.62. The Hall–Kier alpha value is 0. The van der Waals surface area contributed by atoms with E-state index in [-0.39, 0.29) is 0 Å². The van der Waals surface area contributed by atoms with Gasteiger partial charge in [-0.1, -0.05) is 53.9 Å². The Morgan fingerprint density at radius 3 is 2.27 bits per heavy atom. The van der Waals surface area contributed by atoms with Crippen molar-refractivity contribution in [3.63, 3.8) is 0 Å². The third kappa shape index (κ3) is 3.23. The molecule has 90 valence electrons. The van der Waals surface area contributed by atoms with Crippen molar-refractivity contribution in [2.45, 2.75) is 66.7 Å². The van der Waals surface area contributed by atoms with E-state index in [0.717, 1.165) is 29.6 Å². The van der Waals surface area contributed by atoms with Gasteiger partial charge in [0.2, 0.25) is 0 Å². The van der Waals surface area contributed by atoms with E-state index < -0.39 is 0 Å². The monoisotopic (exact) mass is 210 g/mol. The molecular weight excluding hydrogens is 180 g/mol. The van der Waals surface area contributed by atoms with Crippen LogP contribution in [0.1, 0.15) is 66.7 Å². The Morgan fingerprint density at radius 1 is 1.20 bits per heavy atom. The molecule has 1 aliphatic rings. The van der Waals surface area contributed by atoms with Gasteiger partial charge in [-0.3, -0.25) is 0 Å². The smallest absolute Gasteiger partial charge is 0.0381 e. The zero-order valence-electron chi connectivity index (χ0n) is 11.4. The summed E-state index contributed by atoms with van der Waals surface area (Å²) in [5, 5.41) is 0. The van der Waals surface area contributed by atoms with Crippen molar-refractivity contribution in [1.29, 1.82) is 0 Å². The number of hydrogen-bond donors (Lipinski definition) is 0. The molecule has 0 N–H and O–H groups in total. The van der Waals surface area contributed by atoms with E-state index in [2.05, 4.69) is 34.6 Å². The molecule has 0 saturated heterocycles. The van der Waals surface area contributed by atoms with Gasteiger partial charge in [-0.2, -0.15) is 0 Å². The van der Waals surface area contributed by atoms with Gasteiger partial charge in [0, 0.05) is 0 Å². The quantitative estimate of drug-likeness (QED) is 0.570. The summed E-state index contributed by atoms with van der Waals surface area (Å²) < 4.78 is 0. The lowest BCUT2D eigenvalue weighted by Crippen LogP contribution is -2.34. The van der Waals surface area contributed by atoms with Crippen LogP contribution in [0.5, 0.6) is 0 Å². The molecule has 0 nitrogen and oxygen atoms in total. The fraction of sp³-hybridized carbons (Fsp3) is 1.00. The third-order valence-corrected chi connectivity index (χ3v) is 4.99. The highest BCUT2D eigenvalue weighted by Gasteiger charge is 2.35. The van der Waals surface area contributed by atoms with E-state index in [4.69, 9.17) is 0 Å². The van der Waals surface area contributed by atoms with Gasteiger partial charge in [-0.05, 0) is 42.4 Å². The van der Waals surface area contributed by atoms with Crippen molar-refractivity contribution in [3.8, 4) is 0 Å². The number of hydrogen-bond acceptors (Lipinski definition) is 0. The Balaban J connectivity index is 2.33. The average Bonchev–Trinajstić information content (AvgIpc) is 2.23. The van der Waals surface area contributed by atoms with E-state index >= 15 is 0 Å². The Labute approximate surface area is 96.8 Å². The van der Waals surface area contributed by atoms with Gasteiger partial charge in [-0.15, -0.1) is 0 Å². The first-order valence-corrected chi connectivity index (χ1v) is 7.10. The normalized spacial score (nSPS) is 34.6. The van der Waals surface area contributed by atoms with Crippen LogP contribution in [-0.2, 0) is 0 Å². The molecule has 0 aromatic rings. The highest BCUT2D eigenvalue weighted by atomic mass is 14.4. The molecule has 1 saturated carbocycles. The maximum Gasteiger partial charge on any atom is -0.0381 e. The SMILES string of the molecule is CCCC(C)C(CC)CC1CC(C)C1C. The lowest BCUT2D eigenvalue weighted by molar-refractivity contribution is 0.0666. The van der Waals surface area contributed by atoms with E-state index in [1.54, 1.807) is 0 Å². The van der Waals surface area contributed by atoms with E-state index in [0.29, 0.717) is 0 Å². The van der Waals surface area contributed by atoms with Crippen molar-refractivity contribution < 1.29 is 0 Å².